The van der Waals surface area contributed by atoms with E-state index in [2.05, 4.69) is 50.7 Å². The number of carbonyl (C=O) groups is 1. The third kappa shape index (κ3) is 5.50. The molecule has 2 aliphatic rings. The molecule has 0 bridgehead atoms. The van der Waals surface area contributed by atoms with E-state index in [1.54, 1.807) is 18.4 Å². The molecule has 3 N–H and O–H groups in total. The molecule has 2 fully saturated rings. The van der Waals surface area contributed by atoms with Crippen LogP contribution in [0.15, 0.2) is 36.7 Å². The summed E-state index contributed by atoms with van der Waals surface area (Å²) in [5.74, 6) is 1.44. The zero-order valence-corrected chi connectivity index (χ0v) is 22.6. The topological polar surface area (TPSA) is 122 Å². The fourth-order valence-corrected chi connectivity index (χ4v) is 5.97. The van der Waals surface area contributed by atoms with Crippen molar-refractivity contribution < 1.29 is 14.3 Å². The number of methoxy groups -OCH3 is 1. The lowest BCUT2D eigenvalue weighted by atomic mass is 10.1. The molecule has 6 rings (SSSR count). The summed E-state index contributed by atoms with van der Waals surface area (Å²) in [6, 6.07) is 6.27. The first-order valence-electron chi connectivity index (χ1n) is 12.7. The maximum absolute atomic E-state index is 12.0. The normalized spacial score (nSPS) is 16.0. The van der Waals surface area contributed by atoms with Gasteiger partial charge in [0.25, 0.3) is 0 Å². The van der Waals surface area contributed by atoms with Crippen molar-refractivity contribution in [2.75, 3.05) is 58.8 Å². The number of amides is 1. The zero-order valence-electron chi connectivity index (χ0n) is 21.8. The van der Waals surface area contributed by atoms with Crippen molar-refractivity contribution in [3.8, 4) is 16.3 Å². The first kappa shape index (κ1) is 26.1. The van der Waals surface area contributed by atoms with E-state index in [1.807, 2.05) is 11.0 Å². The summed E-state index contributed by atoms with van der Waals surface area (Å²) in [7, 11) is 1.69. The van der Waals surface area contributed by atoms with Crippen LogP contribution >= 0.6 is 11.3 Å². The molecule has 10 nitrogen and oxygen atoms in total. The largest absolute Gasteiger partial charge is 0.495 e. The highest BCUT2D eigenvalue weighted by Crippen LogP contribution is 2.41. The van der Waals surface area contributed by atoms with Crippen molar-refractivity contribution in [1.29, 1.82) is 0 Å². The summed E-state index contributed by atoms with van der Waals surface area (Å²) in [4.78, 5) is 25.4. The standard InChI is InChI=1S/C15H13N5OS.C12H20N2O2/c1-7-3-8-5-10(22-13(8)9(4-7)21-2)12-11-14(16)17-6-18-15(11)20-19-12;1-11(10-13-6-8-16-9-7-13)12(15)14-4-2-3-5-14/h3-6H,1-2H3,(H3,16,17,18,19,20);1-10H2. The molecule has 38 heavy (non-hydrogen) atoms. The second kappa shape index (κ2) is 11.5. The van der Waals surface area contributed by atoms with Gasteiger partial charge in [0.2, 0.25) is 5.91 Å². The van der Waals surface area contributed by atoms with Crippen LogP contribution in [-0.2, 0) is 9.53 Å². The van der Waals surface area contributed by atoms with Gasteiger partial charge in [0.15, 0.2) is 5.65 Å². The minimum Gasteiger partial charge on any atom is -0.495 e. The average Bonchev–Trinajstić information content (AvgIpc) is 3.68. The Bertz CT molecular complexity index is 1450. The van der Waals surface area contributed by atoms with Crippen LogP contribution < -0.4 is 10.5 Å². The SMILES string of the molecule is C=C(CN1CCOCC1)C(=O)N1CCCC1.COc1cc(C)cc2cc(-c3[nH]nc4ncnc(N)c34)sc12. The second-order valence-electron chi connectivity index (χ2n) is 9.54. The summed E-state index contributed by atoms with van der Waals surface area (Å²) in [5.41, 5.74) is 9.28. The van der Waals surface area contributed by atoms with Crippen LogP contribution in [0.5, 0.6) is 5.75 Å². The highest BCUT2D eigenvalue weighted by Gasteiger charge is 2.22. The summed E-state index contributed by atoms with van der Waals surface area (Å²) in [6.07, 6.45) is 3.69. The van der Waals surface area contributed by atoms with Crippen molar-refractivity contribution in [3.63, 3.8) is 0 Å². The Morgan fingerprint density at radius 1 is 1.18 bits per heavy atom. The van der Waals surface area contributed by atoms with Gasteiger partial charge in [-0.2, -0.15) is 5.10 Å². The van der Waals surface area contributed by atoms with Gasteiger partial charge >= 0.3 is 0 Å². The number of aryl methyl sites for hydroxylation is 1. The molecule has 1 aromatic carbocycles. The predicted molar refractivity (Wildman–Crippen MR) is 150 cm³/mol. The molecule has 0 saturated carbocycles. The smallest absolute Gasteiger partial charge is 0.250 e. The van der Waals surface area contributed by atoms with Gasteiger partial charge in [-0.15, -0.1) is 11.3 Å². The van der Waals surface area contributed by atoms with E-state index in [-0.39, 0.29) is 5.91 Å². The Morgan fingerprint density at radius 2 is 1.95 bits per heavy atom. The van der Waals surface area contributed by atoms with Crippen LogP contribution in [-0.4, -0.2) is 88.9 Å². The van der Waals surface area contributed by atoms with Gasteiger partial charge in [0.1, 0.15) is 17.9 Å². The number of ether oxygens (including phenoxy) is 2. The number of fused-ring (bicyclic) bond motifs is 2. The third-order valence-electron chi connectivity index (χ3n) is 6.79. The lowest BCUT2D eigenvalue weighted by Gasteiger charge is -2.28. The molecule has 2 aliphatic heterocycles. The van der Waals surface area contributed by atoms with Crippen molar-refractivity contribution in [2.45, 2.75) is 19.8 Å². The number of hydrogen-bond donors (Lipinski definition) is 2. The van der Waals surface area contributed by atoms with Crippen molar-refractivity contribution in [2.24, 2.45) is 0 Å². The Hall–Kier alpha value is -3.54. The number of nitrogens with two attached hydrogens (primary N) is 1. The average molecular weight is 536 g/mol. The number of benzene rings is 1. The van der Waals surface area contributed by atoms with E-state index < -0.39 is 0 Å². The molecule has 3 aromatic heterocycles. The summed E-state index contributed by atoms with van der Waals surface area (Å²) in [5, 5.41) is 9.12. The number of carbonyl (C=O) groups excluding carboxylic acids is 1. The van der Waals surface area contributed by atoms with Gasteiger partial charge < -0.3 is 20.1 Å². The lowest BCUT2D eigenvalue weighted by molar-refractivity contribution is -0.126. The number of H-pyrrole nitrogens is 1. The molecule has 0 unspecified atom stereocenters. The Morgan fingerprint density at radius 3 is 2.68 bits per heavy atom. The van der Waals surface area contributed by atoms with Gasteiger partial charge in [0.05, 0.1) is 41.0 Å². The minimum absolute atomic E-state index is 0.143. The maximum atomic E-state index is 12.0. The quantitative estimate of drug-likeness (QED) is 0.372. The van der Waals surface area contributed by atoms with Crippen LogP contribution in [0.1, 0.15) is 18.4 Å². The molecule has 0 spiro atoms. The number of morpholine rings is 1. The number of nitrogens with one attached hydrogen (secondary N) is 1. The Balaban J connectivity index is 0.000000163. The molecule has 0 aliphatic carbocycles. The van der Waals surface area contributed by atoms with E-state index in [9.17, 15) is 4.79 Å². The van der Waals surface area contributed by atoms with Gasteiger partial charge in [-0.05, 0) is 42.8 Å². The van der Waals surface area contributed by atoms with Crippen molar-refractivity contribution in [3.05, 3.63) is 42.2 Å². The van der Waals surface area contributed by atoms with Gasteiger partial charge in [-0.3, -0.25) is 14.8 Å². The summed E-state index contributed by atoms with van der Waals surface area (Å²) >= 11 is 1.63. The number of likely N-dealkylation sites (tertiary alicyclic amines) is 1. The number of rotatable bonds is 5. The summed E-state index contributed by atoms with van der Waals surface area (Å²) < 4.78 is 11.9. The predicted octanol–water partition coefficient (Wildman–Crippen LogP) is 3.63. The van der Waals surface area contributed by atoms with Crippen molar-refractivity contribution in [1.82, 2.24) is 30.0 Å². The fraction of sp³-hybridized carbons (Fsp3) is 0.407. The van der Waals surface area contributed by atoms with Crippen molar-refractivity contribution >= 4 is 44.2 Å². The monoisotopic (exact) mass is 535 g/mol. The fourth-order valence-electron chi connectivity index (χ4n) is 4.84. The minimum atomic E-state index is 0.143. The highest BCUT2D eigenvalue weighted by molar-refractivity contribution is 7.22. The van der Waals surface area contributed by atoms with Crippen LogP contribution in [0.25, 0.3) is 31.7 Å². The molecular weight excluding hydrogens is 502 g/mol. The maximum Gasteiger partial charge on any atom is 0.250 e. The van der Waals surface area contributed by atoms with Crippen LogP contribution in [0, 0.1) is 6.92 Å². The molecule has 5 heterocycles. The molecule has 0 atom stereocenters. The zero-order chi connectivity index (χ0) is 26.6. The number of nitrogens with zero attached hydrogens (tertiary/aromatic N) is 5. The van der Waals surface area contributed by atoms with Gasteiger partial charge in [-0.1, -0.05) is 12.6 Å². The first-order chi connectivity index (χ1) is 18.4. The third-order valence-corrected chi connectivity index (χ3v) is 7.97. The molecule has 1 amide bonds. The molecule has 0 radical (unpaired) electrons. The molecule has 200 valence electrons. The van der Waals surface area contributed by atoms with E-state index in [4.69, 9.17) is 15.2 Å². The number of thiophene rings is 1. The Kier molecular flexibility index (Phi) is 7.87. The second-order valence-corrected chi connectivity index (χ2v) is 10.6. The van der Waals surface area contributed by atoms with E-state index in [0.717, 1.165) is 95.2 Å². The van der Waals surface area contributed by atoms with Crippen LogP contribution in [0.2, 0.25) is 0 Å². The number of nitrogen functional groups attached to an aromatic ring is 1. The number of anilines is 1. The molecule has 11 heteroatoms. The van der Waals surface area contributed by atoms with E-state index in [1.165, 1.54) is 6.33 Å². The highest BCUT2D eigenvalue weighted by atomic mass is 32.1. The van der Waals surface area contributed by atoms with Gasteiger partial charge in [-0.25, -0.2) is 9.97 Å². The number of aromatic nitrogens is 4. The first-order valence-corrected chi connectivity index (χ1v) is 13.6. The van der Waals surface area contributed by atoms with E-state index in [0.29, 0.717) is 18.0 Å². The Labute approximate surface area is 225 Å². The molecular formula is C27H33N7O3S. The molecule has 2 saturated heterocycles. The number of hydrogen-bond acceptors (Lipinski definition) is 9. The van der Waals surface area contributed by atoms with Crippen LogP contribution in [0.4, 0.5) is 5.82 Å². The summed E-state index contributed by atoms with van der Waals surface area (Å²) in [6.45, 7) is 11.8. The molecule has 4 aromatic rings. The van der Waals surface area contributed by atoms with Gasteiger partial charge in [0, 0.05) is 38.3 Å². The lowest BCUT2D eigenvalue weighted by Crippen LogP contribution is -2.40. The number of aromatic amines is 1. The van der Waals surface area contributed by atoms with E-state index >= 15 is 0 Å². The van der Waals surface area contributed by atoms with Crippen LogP contribution in [0.3, 0.4) is 0 Å².